The number of rotatable bonds is 7. The molecule has 0 heterocycles. The second-order valence-electron chi connectivity index (χ2n) is 6.30. The Morgan fingerprint density at radius 3 is 2.21 bits per heavy atom. The number of aliphatic hydroxyl groups is 1. The van der Waals surface area contributed by atoms with Crippen LogP contribution in [0.25, 0.3) is 0 Å². The molecule has 0 saturated heterocycles. The maximum absolute atomic E-state index is 12.2. The number of hydrogen-bond donors (Lipinski definition) is 2. The van der Waals surface area contributed by atoms with Crippen molar-refractivity contribution in [2.75, 3.05) is 11.9 Å². The highest BCUT2D eigenvalue weighted by Crippen LogP contribution is 2.19. The third kappa shape index (κ3) is 5.28. The molecule has 1 amide bonds. The number of amides is 1. The molecule has 0 aromatic heterocycles. The molecule has 142 valence electrons. The van der Waals surface area contributed by atoms with Crippen LogP contribution in [0.4, 0.5) is 5.69 Å². The van der Waals surface area contributed by atoms with E-state index in [1.807, 2.05) is 54.6 Å². The molecule has 0 aliphatic carbocycles. The van der Waals surface area contributed by atoms with Crippen LogP contribution in [0.1, 0.15) is 27.0 Å². The molecule has 0 unspecified atom stereocenters. The summed E-state index contributed by atoms with van der Waals surface area (Å²) >= 11 is 0. The number of esters is 1. The molecule has 5 nitrogen and oxygen atoms in total. The van der Waals surface area contributed by atoms with Crippen molar-refractivity contribution in [3.8, 4) is 0 Å². The zero-order chi connectivity index (χ0) is 19.8. The number of carbonyl (C=O) groups is 2. The first-order valence-electron chi connectivity index (χ1n) is 8.94. The summed E-state index contributed by atoms with van der Waals surface area (Å²) in [6, 6.07) is 23.9. The van der Waals surface area contributed by atoms with Crippen molar-refractivity contribution in [2.24, 2.45) is 0 Å². The lowest BCUT2D eigenvalue weighted by molar-refractivity contribution is -0.119. The van der Waals surface area contributed by atoms with Gasteiger partial charge < -0.3 is 15.2 Å². The summed E-state index contributed by atoms with van der Waals surface area (Å²) in [5.41, 5.74) is 3.84. The van der Waals surface area contributed by atoms with Crippen LogP contribution in [0, 0.1) is 0 Å². The van der Waals surface area contributed by atoms with Crippen LogP contribution in [0.15, 0.2) is 78.9 Å². The van der Waals surface area contributed by atoms with E-state index in [9.17, 15) is 9.59 Å². The lowest BCUT2D eigenvalue weighted by Gasteiger charge is -2.11. The number of aliphatic hydroxyl groups excluding tert-OH is 1. The number of benzene rings is 3. The molecule has 0 fully saturated rings. The van der Waals surface area contributed by atoms with Gasteiger partial charge in [-0.2, -0.15) is 0 Å². The topological polar surface area (TPSA) is 75.6 Å². The molecule has 0 saturated carbocycles. The van der Waals surface area contributed by atoms with E-state index < -0.39 is 11.9 Å². The van der Waals surface area contributed by atoms with Gasteiger partial charge in [0.1, 0.15) is 0 Å². The Labute approximate surface area is 163 Å². The lowest BCUT2D eigenvalue weighted by atomic mass is 10.0. The van der Waals surface area contributed by atoms with Crippen LogP contribution in [0.5, 0.6) is 0 Å². The lowest BCUT2D eigenvalue weighted by Crippen LogP contribution is -2.21. The van der Waals surface area contributed by atoms with Gasteiger partial charge in [-0.1, -0.05) is 60.7 Å². The average molecular weight is 375 g/mol. The summed E-state index contributed by atoms with van der Waals surface area (Å²) in [4.78, 5) is 24.3. The van der Waals surface area contributed by atoms with Gasteiger partial charge in [0.2, 0.25) is 0 Å². The number of para-hydroxylation sites is 1. The molecule has 2 N–H and O–H groups in total. The first kappa shape index (κ1) is 19.3. The minimum Gasteiger partial charge on any atom is -0.452 e. The zero-order valence-corrected chi connectivity index (χ0v) is 15.3. The minimum atomic E-state index is -0.586. The number of hydrogen-bond acceptors (Lipinski definition) is 4. The molecule has 0 aliphatic rings. The third-order valence-electron chi connectivity index (χ3n) is 4.24. The first-order valence-corrected chi connectivity index (χ1v) is 8.94. The van der Waals surface area contributed by atoms with E-state index in [1.165, 1.54) is 0 Å². The molecular formula is C23H21NO4. The Bertz CT molecular complexity index is 936. The zero-order valence-electron chi connectivity index (χ0n) is 15.3. The van der Waals surface area contributed by atoms with Crippen LogP contribution >= 0.6 is 0 Å². The predicted molar refractivity (Wildman–Crippen MR) is 107 cm³/mol. The van der Waals surface area contributed by atoms with E-state index in [0.29, 0.717) is 23.2 Å². The van der Waals surface area contributed by atoms with Crippen molar-refractivity contribution >= 4 is 17.6 Å². The second-order valence-corrected chi connectivity index (χ2v) is 6.30. The predicted octanol–water partition coefficient (Wildman–Crippen LogP) is 3.57. The molecule has 5 heteroatoms. The molecule has 3 aromatic rings. The van der Waals surface area contributed by atoms with Gasteiger partial charge in [-0.3, -0.25) is 4.79 Å². The van der Waals surface area contributed by atoms with Crippen LogP contribution in [0.3, 0.4) is 0 Å². The summed E-state index contributed by atoms with van der Waals surface area (Å²) in [5, 5.41) is 11.8. The molecule has 3 rings (SSSR count). The fraction of sp³-hybridized carbons (Fsp3) is 0.130. The molecule has 3 aromatic carbocycles. The summed E-state index contributed by atoms with van der Waals surface area (Å²) in [5.74, 6) is -0.988. The van der Waals surface area contributed by atoms with Gasteiger partial charge in [-0.15, -0.1) is 0 Å². The third-order valence-corrected chi connectivity index (χ3v) is 4.24. The molecule has 0 spiro atoms. The second kappa shape index (κ2) is 9.48. The summed E-state index contributed by atoms with van der Waals surface area (Å²) in [6.07, 6.45) is 0.689. The van der Waals surface area contributed by atoms with Crippen molar-refractivity contribution in [1.82, 2.24) is 0 Å². The van der Waals surface area contributed by atoms with Crippen molar-refractivity contribution in [3.63, 3.8) is 0 Å². The fourth-order valence-electron chi connectivity index (χ4n) is 2.76. The van der Waals surface area contributed by atoms with E-state index in [4.69, 9.17) is 9.84 Å². The summed E-state index contributed by atoms with van der Waals surface area (Å²) in [6.45, 7) is -0.472. The van der Waals surface area contributed by atoms with Gasteiger partial charge in [0, 0.05) is 5.69 Å². The monoisotopic (exact) mass is 375 g/mol. The maximum atomic E-state index is 12.2. The largest absolute Gasteiger partial charge is 0.452 e. The van der Waals surface area contributed by atoms with E-state index in [1.54, 1.807) is 24.3 Å². The first-order chi connectivity index (χ1) is 13.7. The van der Waals surface area contributed by atoms with E-state index >= 15 is 0 Å². The van der Waals surface area contributed by atoms with Crippen molar-refractivity contribution < 1.29 is 19.4 Å². The highest BCUT2D eigenvalue weighted by atomic mass is 16.5. The van der Waals surface area contributed by atoms with Crippen LogP contribution < -0.4 is 5.32 Å². The Morgan fingerprint density at radius 2 is 1.50 bits per heavy atom. The van der Waals surface area contributed by atoms with Gasteiger partial charge in [-0.25, -0.2) is 4.79 Å². The van der Waals surface area contributed by atoms with Gasteiger partial charge in [0.25, 0.3) is 5.91 Å². The van der Waals surface area contributed by atoms with Gasteiger partial charge >= 0.3 is 5.97 Å². The summed E-state index contributed by atoms with van der Waals surface area (Å²) in [7, 11) is 0. The van der Waals surface area contributed by atoms with E-state index in [2.05, 4.69) is 5.32 Å². The highest BCUT2D eigenvalue weighted by Gasteiger charge is 2.12. The Kier molecular flexibility index (Phi) is 6.54. The Hall–Kier alpha value is -3.44. The van der Waals surface area contributed by atoms with Crippen LogP contribution in [-0.4, -0.2) is 23.6 Å². The number of ether oxygens (including phenoxy) is 1. The summed E-state index contributed by atoms with van der Waals surface area (Å²) < 4.78 is 5.08. The van der Waals surface area contributed by atoms with Crippen molar-refractivity contribution in [1.29, 1.82) is 0 Å². The van der Waals surface area contributed by atoms with Gasteiger partial charge in [-0.05, 0) is 41.3 Å². The standard InChI is InChI=1S/C23H21NO4/c25-15-18-10-12-19(13-11-18)23(27)28-16-22(26)24-21-9-5-4-8-20(21)14-17-6-2-1-3-7-17/h1-13,25H,14-16H2,(H,24,26). The molecule has 28 heavy (non-hydrogen) atoms. The van der Waals surface area contributed by atoms with E-state index in [0.717, 1.165) is 11.1 Å². The average Bonchev–Trinajstić information content (AvgIpc) is 2.74. The van der Waals surface area contributed by atoms with E-state index in [-0.39, 0.29) is 13.2 Å². The minimum absolute atomic E-state index is 0.0971. The van der Waals surface area contributed by atoms with Gasteiger partial charge in [0.05, 0.1) is 12.2 Å². The fourth-order valence-corrected chi connectivity index (χ4v) is 2.76. The van der Waals surface area contributed by atoms with Crippen molar-refractivity contribution in [2.45, 2.75) is 13.0 Å². The molecule has 0 bridgehead atoms. The smallest absolute Gasteiger partial charge is 0.338 e. The molecular weight excluding hydrogens is 354 g/mol. The van der Waals surface area contributed by atoms with Crippen LogP contribution in [0.2, 0.25) is 0 Å². The number of nitrogens with one attached hydrogen (secondary N) is 1. The Balaban J connectivity index is 1.58. The molecule has 0 atom stereocenters. The molecule has 0 radical (unpaired) electrons. The number of carbonyl (C=O) groups excluding carboxylic acids is 2. The molecule has 0 aliphatic heterocycles. The Morgan fingerprint density at radius 1 is 0.821 bits per heavy atom. The highest BCUT2D eigenvalue weighted by molar-refractivity contribution is 5.96. The SMILES string of the molecule is O=C(COC(=O)c1ccc(CO)cc1)Nc1ccccc1Cc1ccccc1. The van der Waals surface area contributed by atoms with Crippen LogP contribution in [-0.2, 0) is 22.6 Å². The quantitative estimate of drug-likeness (QED) is 0.619. The maximum Gasteiger partial charge on any atom is 0.338 e. The normalized spacial score (nSPS) is 10.3. The van der Waals surface area contributed by atoms with Crippen molar-refractivity contribution in [3.05, 3.63) is 101 Å². The van der Waals surface area contributed by atoms with Gasteiger partial charge in [0.15, 0.2) is 6.61 Å². The number of anilines is 1.